The van der Waals surface area contributed by atoms with Crippen molar-refractivity contribution in [2.45, 2.75) is 31.8 Å². The molecule has 0 heterocycles. The van der Waals surface area contributed by atoms with Crippen molar-refractivity contribution in [1.29, 1.82) is 0 Å². The van der Waals surface area contributed by atoms with Gasteiger partial charge in [0.25, 0.3) is 0 Å². The summed E-state index contributed by atoms with van der Waals surface area (Å²) >= 11 is 0. The highest BCUT2D eigenvalue weighted by atomic mass is 16.4. The second kappa shape index (κ2) is 2.47. The van der Waals surface area contributed by atoms with Crippen LogP contribution in [0, 0.1) is 23.7 Å². The van der Waals surface area contributed by atoms with Crippen LogP contribution in [0.25, 0.3) is 0 Å². The fourth-order valence-corrected chi connectivity index (χ4v) is 3.78. The van der Waals surface area contributed by atoms with Crippen LogP contribution in [-0.4, -0.2) is 22.1 Å². The first-order valence-electron chi connectivity index (χ1n) is 5.19. The molecule has 13 heavy (non-hydrogen) atoms. The predicted molar refractivity (Wildman–Crippen MR) is 47.7 cm³/mol. The maximum absolute atomic E-state index is 9.94. The van der Waals surface area contributed by atoms with Crippen molar-refractivity contribution >= 4 is 5.71 Å². The van der Waals surface area contributed by atoms with E-state index in [1.165, 1.54) is 12.8 Å². The molecule has 0 amide bonds. The van der Waals surface area contributed by atoms with Gasteiger partial charge < -0.3 is 10.3 Å². The average molecular weight is 181 g/mol. The molecule has 4 bridgehead atoms. The average Bonchev–Trinajstić information content (AvgIpc) is 2.13. The molecule has 0 unspecified atom stereocenters. The van der Waals surface area contributed by atoms with Gasteiger partial charge in [-0.1, -0.05) is 5.16 Å². The molecular weight excluding hydrogens is 166 g/mol. The Labute approximate surface area is 77.4 Å². The van der Waals surface area contributed by atoms with E-state index in [1.54, 1.807) is 0 Å². The molecule has 4 saturated carbocycles. The maximum Gasteiger partial charge on any atom is 0.0658 e. The van der Waals surface area contributed by atoms with Crippen molar-refractivity contribution in [3.05, 3.63) is 0 Å². The molecule has 3 heteroatoms. The highest BCUT2D eigenvalue weighted by Gasteiger charge is 2.51. The lowest BCUT2D eigenvalue weighted by Gasteiger charge is -2.52. The second-order valence-corrected chi connectivity index (χ2v) is 4.89. The Morgan fingerprint density at radius 3 is 2.77 bits per heavy atom. The SMILES string of the molecule is O/N=C1\[C@@H]2C[C@H]3C[C@@H](C2)[C@H](O)[C@@H]1C3. The first-order chi connectivity index (χ1) is 6.29. The largest absolute Gasteiger partial charge is 0.411 e. The summed E-state index contributed by atoms with van der Waals surface area (Å²) in [5.41, 5.74) is 0.889. The van der Waals surface area contributed by atoms with Crippen LogP contribution in [-0.2, 0) is 0 Å². The number of rotatable bonds is 0. The van der Waals surface area contributed by atoms with Gasteiger partial charge in [-0.05, 0) is 37.5 Å². The van der Waals surface area contributed by atoms with E-state index in [9.17, 15) is 5.11 Å². The van der Waals surface area contributed by atoms with Gasteiger partial charge in [0.1, 0.15) is 0 Å². The molecule has 4 aliphatic carbocycles. The van der Waals surface area contributed by atoms with Crippen molar-refractivity contribution in [2.75, 3.05) is 0 Å². The molecule has 0 spiro atoms. The zero-order chi connectivity index (χ0) is 9.00. The van der Waals surface area contributed by atoms with Gasteiger partial charge in [-0.3, -0.25) is 0 Å². The van der Waals surface area contributed by atoms with Crippen LogP contribution in [0.2, 0.25) is 0 Å². The Bertz CT molecular complexity index is 264. The molecule has 72 valence electrons. The topological polar surface area (TPSA) is 52.8 Å². The normalized spacial score (nSPS) is 56.1. The Hall–Kier alpha value is -0.570. The third-order valence-corrected chi connectivity index (χ3v) is 4.24. The standard InChI is InChI=1S/C10H15NO2/c12-10-7-2-5-1-6(4-7)9(11-13)8(10)3-5/h5-8,10,12-13H,1-4H2/b11-9+/t5-,6+,7-,8+,10-/m0/s1. The van der Waals surface area contributed by atoms with Crippen LogP contribution in [0.15, 0.2) is 5.16 Å². The van der Waals surface area contributed by atoms with E-state index in [1.807, 2.05) is 0 Å². The predicted octanol–water partition coefficient (Wildman–Crippen LogP) is 1.24. The monoisotopic (exact) mass is 181 g/mol. The van der Waals surface area contributed by atoms with Crippen LogP contribution < -0.4 is 0 Å². The maximum atomic E-state index is 9.94. The fraction of sp³-hybridized carbons (Fsp3) is 0.900. The van der Waals surface area contributed by atoms with E-state index in [2.05, 4.69) is 5.16 Å². The van der Waals surface area contributed by atoms with E-state index in [-0.39, 0.29) is 12.0 Å². The molecule has 0 aliphatic heterocycles. The first kappa shape index (κ1) is 7.80. The second-order valence-electron chi connectivity index (χ2n) is 4.89. The summed E-state index contributed by atoms with van der Waals surface area (Å²) < 4.78 is 0. The van der Waals surface area contributed by atoms with Crippen LogP contribution in [0.5, 0.6) is 0 Å². The highest BCUT2D eigenvalue weighted by molar-refractivity contribution is 5.90. The zero-order valence-corrected chi connectivity index (χ0v) is 7.56. The highest BCUT2D eigenvalue weighted by Crippen LogP contribution is 2.52. The van der Waals surface area contributed by atoms with Crippen molar-refractivity contribution in [3.8, 4) is 0 Å². The minimum atomic E-state index is -0.223. The van der Waals surface area contributed by atoms with Gasteiger partial charge in [-0.25, -0.2) is 0 Å². The summed E-state index contributed by atoms with van der Waals surface area (Å²) in [6.45, 7) is 0. The summed E-state index contributed by atoms with van der Waals surface area (Å²) in [5, 5.41) is 22.2. The molecule has 4 aliphatic rings. The van der Waals surface area contributed by atoms with Gasteiger partial charge in [0, 0.05) is 11.8 Å². The van der Waals surface area contributed by atoms with E-state index in [0.29, 0.717) is 11.8 Å². The molecule has 3 nitrogen and oxygen atoms in total. The Balaban J connectivity index is 1.98. The molecule has 0 aromatic rings. The van der Waals surface area contributed by atoms with Crippen molar-refractivity contribution in [3.63, 3.8) is 0 Å². The Kier molecular flexibility index (Phi) is 1.48. The van der Waals surface area contributed by atoms with Crippen LogP contribution in [0.3, 0.4) is 0 Å². The van der Waals surface area contributed by atoms with Crippen molar-refractivity contribution in [2.24, 2.45) is 28.8 Å². The van der Waals surface area contributed by atoms with Crippen molar-refractivity contribution < 1.29 is 10.3 Å². The number of aliphatic hydroxyl groups is 1. The lowest BCUT2D eigenvalue weighted by molar-refractivity contribution is -0.0341. The number of hydrogen-bond donors (Lipinski definition) is 2. The minimum Gasteiger partial charge on any atom is -0.411 e. The Morgan fingerprint density at radius 1 is 1.15 bits per heavy atom. The number of nitrogens with zero attached hydrogens (tertiary/aromatic N) is 1. The molecule has 2 N–H and O–H groups in total. The van der Waals surface area contributed by atoms with Gasteiger partial charge in [0.05, 0.1) is 11.8 Å². The van der Waals surface area contributed by atoms with Crippen molar-refractivity contribution in [1.82, 2.24) is 0 Å². The van der Waals surface area contributed by atoms with Gasteiger partial charge in [0.2, 0.25) is 0 Å². The third kappa shape index (κ3) is 0.909. The molecule has 4 rings (SSSR count). The minimum absolute atomic E-state index is 0.182. The molecule has 5 atom stereocenters. The summed E-state index contributed by atoms with van der Waals surface area (Å²) in [6.07, 6.45) is 4.27. The molecule has 0 radical (unpaired) electrons. The summed E-state index contributed by atoms with van der Waals surface area (Å²) in [6, 6.07) is 0. The molecular formula is C10H15NO2. The fourth-order valence-electron chi connectivity index (χ4n) is 3.78. The van der Waals surface area contributed by atoms with E-state index >= 15 is 0 Å². The van der Waals surface area contributed by atoms with Gasteiger partial charge in [-0.2, -0.15) is 0 Å². The molecule has 0 aromatic heterocycles. The lowest BCUT2D eigenvalue weighted by Crippen LogP contribution is -2.53. The lowest BCUT2D eigenvalue weighted by atomic mass is 9.54. The van der Waals surface area contributed by atoms with E-state index < -0.39 is 0 Å². The number of aliphatic hydroxyl groups excluding tert-OH is 1. The van der Waals surface area contributed by atoms with Crippen LogP contribution in [0.1, 0.15) is 25.7 Å². The van der Waals surface area contributed by atoms with E-state index in [4.69, 9.17) is 5.21 Å². The first-order valence-corrected chi connectivity index (χ1v) is 5.19. The van der Waals surface area contributed by atoms with Crippen LogP contribution >= 0.6 is 0 Å². The van der Waals surface area contributed by atoms with E-state index in [0.717, 1.165) is 24.5 Å². The van der Waals surface area contributed by atoms with Gasteiger partial charge in [-0.15, -0.1) is 0 Å². The van der Waals surface area contributed by atoms with Gasteiger partial charge >= 0.3 is 0 Å². The quantitative estimate of drug-likeness (QED) is 0.436. The smallest absolute Gasteiger partial charge is 0.0658 e. The summed E-state index contributed by atoms with van der Waals surface area (Å²) in [4.78, 5) is 0. The molecule has 0 aromatic carbocycles. The summed E-state index contributed by atoms with van der Waals surface area (Å²) in [5.74, 6) is 1.95. The zero-order valence-electron chi connectivity index (χ0n) is 7.56. The Morgan fingerprint density at radius 2 is 2.00 bits per heavy atom. The molecule has 0 saturated heterocycles. The molecule has 4 fully saturated rings. The number of oxime groups is 1. The third-order valence-electron chi connectivity index (χ3n) is 4.24. The number of hydrogen-bond acceptors (Lipinski definition) is 3. The van der Waals surface area contributed by atoms with Crippen LogP contribution in [0.4, 0.5) is 0 Å². The summed E-state index contributed by atoms with van der Waals surface area (Å²) in [7, 11) is 0. The van der Waals surface area contributed by atoms with Gasteiger partial charge in [0.15, 0.2) is 0 Å².